The van der Waals surface area contributed by atoms with Crippen molar-refractivity contribution >= 4 is 46.8 Å². The molecule has 2 unspecified atom stereocenters. The van der Waals surface area contributed by atoms with Gasteiger partial charge in [-0.2, -0.15) is 0 Å². The monoisotopic (exact) mass is 533 g/mol. The van der Waals surface area contributed by atoms with Gasteiger partial charge in [-0.25, -0.2) is 4.79 Å². The average Bonchev–Trinajstić information content (AvgIpc) is 2.75. The molecule has 0 aliphatic heterocycles. The summed E-state index contributed by atoms with van der Waals surface area (Å²) >= 11 is 12.2. The highest BCUT2D eigenvalue weighted by molar-refractivity contribution is 6.35. The fourth-order valence-electron chi connectivity index (χ4n) is 5.06. The number of halogens is 2. The number of hydrogen-bond acceptors (Lipinski definition) is 3. The molecule has 2 atom stereocenters. The van der Waals surface area contributed by atoms with Crippen LogP contribution in [-0.4, -0.2) is 40.5 Å². The summed E-state index contributed by atoms with van der Waals surface area (Å²) in [6.45, 7) is 7.13. The Balaban J connectivity index is 1.78. The Morgan fingerprint density at radius 2 is 1.69 bits per heavy atom. The number of amides is 3. The molecule has 3 rings (SSSR count). The first-order valence-electron chi connectivity index (χ1n) is 12.0. The molecule has 3 N–H and O–H groups in total. The van der Waals surface area contributed by atoms with Gasteiger partial charge in [0.2, 0.25) is 0 Å². The van der Waals surface area contributed by atoms with Crippen LogP contribution < -0.4 is 10.6 Å². The number of benzene rings is 2. The van der Waals surface area contributed by atoms with Gasteiger partial charge >= 0.3 is 12.0 Å². The molecule has 0 spiro atoms. The van der Waals surface area contributed by atoms with Gasteiger partial charge in [0.05, 0.1) is 6.42 Å². The lowest BCUT2D eigenvalue weighted by molar-refractivity contribution is -0.136. The van der Waals surface area contributed by atoms with E-state index in [1.165, 1.54) is 0 Å². The number of nitrogens with one attached hydrogen (secondary N) is 2. The molecule has 0 aromatic heterocycles. The Kier molecular flexibility index (Phi) is 9.25. The topological polar surface area (TPSA) is 98.7 Å². The van der Waals surface area contributed by atoms with Crippen LogP contribution in [0.3, 0.4) is 0 Å². The van der Waals surface area contributed by atoms with Crippen molar-refractivity contribution in [2.75, 3.05) is 11.9 Å². The minimum absolute atomic E-state index is 0.0393. The molecule has 0 saturated heterocycles. The number of carboxylic acids is 1. The number of carboxylic acid groups (broad SMARTS) is 1. The quantitative estimate of drug-likeness (QED) is 0.363. The van der Waals surface area contributed by atoms with Crippen molar-refractivity contribution in [2.24, 2.45) is 11.3 Å². The molecule has 194 valence electrons. The summed E-state index contributed by atoms with van der Waals surface area (Å²) < 4.78 is 0. The van der Waals surface area contributed by atoms with E-state index in [2.05, 4.69) is 31.4 Å². The molecule has 1 fully saturated rings. The van der Waals surface area contributed by atoms with E-state index in [9.17, 15) is 14.4 Å². The minimum atomic E-state index is -0.968. The molecule has 36 heavy (non-hydrogen) atoms. The summed E-state index contributed by atoms with van der Waals surface area (Å²) in [5.41, 5.74) is 1.95. The zero-order valence-corrected chi connectivity index (χ0v) is 22.3. The van der Waals surface area contributed by atoms with Gasteiger partial charge in [0.25, 0.3) is 5.91 Å². The number of urea groups is 1. The van der Waals surface area contributed by atoms with Crippen molar-refractivity contribution < 1.29 is 19.5 Å². The molecule has 9 heteroatoms. The van der Waals surface area contributed by atoms with Crippen LogP contribution in [0.2, 0.25) is 10.0 Å². The highest BCUT2D eigenvalue weighted by Crippen LogP contribution is 2.41. The zero-order chi connectivity index (χ0) is 26.5. The minimum Gasteiger partial charge on any atom is -0.481 e. The Labute approximate surface area is 222 Å². The number of anilines is 1. The standard InChI is InChI=1S/C27H33Cl2N3O4/c1-17-10-23(15-27(2,3)14-17)32(26(36)31-22-12-20(28)11-21(29)13-22)16-18-4-6-19(7-5-18)25(35)30-9-8-24(33)34/h4-7,11-13,17,23H,8-10,14-16H2,1-3H3,(H,30,35)(H,31,36)(H,33,34). The van der Waals surface area contributed by atoms with Gasteiger partial charge < -0.3 is 20.6 Å². The Hall–Kier alpha value is -2.77. The van der Waals surface area contributed by atoms with Gasteiger partial charge in [0.1, 0.15) is 0 Å². The first kappa shape index (κ1) is 27.8. The number of carbonyl (C=O) groups is 3. The van der Waals surface area contributed by atoms with Gasteiger partial charge in [-0.15, -0.1) is 0 Å². The molecule has 0 radical (unpaired) electrons. The number of nitrogens with zero attached hydrogens (tertiary/aromatic N) is 1. The Morgan fingerprint density at radius 3 is 2.28 bits per heavy atom. The second kappa shape index (κ2) is 12.0. The number of hydrogen-bond donors (Lipinski definition) is 3. The van der Waals surface area contributed by atoms with Gasteiger partial charge in [-0.3, -0.25) is 9.59 Å². The van der Waals surface area contributed by atoms with E-state index in [1.807, 2.05) is 17.0 Å². The van der Waals surface area contributed by atoms with Crippen LogP contribution in [0.4, 0.5) is 10.5 Å². The number of aliphatic carboxylic acids is 1. The summed E-state index contributed by atoms with van der Waals surface area (Å²) in [5, 5.41) is 15.2. The largest absolute Gasteiger partial charge is 0.481 e. The highest BCUT2D eigenvalue weighted by atomic mass is 35.5. The van der Waals surface area contributed by atoms with Crippen LogP contribution >= 0.6 is 23.2 Å². The second-order valence-corrected chi connectivity index (χ2v) is 11.3. The maximum absolute atomic E-state index is 13.5. The first-order valence-corrected chi connectivity index (χ1v) is 12.8. The maximum atomic E-state index is 13.5. The van der Waals surface area contributed by atoms with E-state index in [4.69, 9.17) is 28.3 Å². The van der Waals surface area contributed by atoms with E-state index in [0.717, 1.165) is 24.8 Å². The average molecular weight is 534 g/mol. The molecule has 3 amide bonds. The van der Waals surface area contributed by atoms with Crippen molar-refractivity contribution in [3.8, 4) is 0 Å². The number of carbonyl (C=O) groups excluding carboxylic acids is 2. The van der Waals surface area contributed by atoms with Crippen molar-refractivity contribution in [3.63, 3.8) is 0 Å². The second-order valence-electron chi connectivity index (χ2n) is 10.4. The summed E-state index contributed by atoms with van der Waals surface area (Å²) in [7, 11) is 0. The van der Waals surface area contributed by atoms with E-state index < -0.39 is 5.97 Å². The van der Waals surface area contributed by atoms with Crippen LogP contribution in [-0.2, 0) is 11.3 Å². The molecule has 2 aromatic carbocycles. The van der Waals surface area contributed by atoms with Crippen LogP contribution in [0.15, 0.2) is 42.5 Å². The van der Waals surface area contributed by atoms with E-state index in [-0.39, 0.29) is 36.4 Å². The van der Waals surface area contributed by atoms with Crippen molar-refractivity contribution in [1.82, 2.24) is 10.2 Å². The molecule has 1 saturated carbocycles. The van der Waals surface area contributed by atoms with Crippen LogP contribution in [0.25, 0.3) is 0 Å². The zero-order valence-electron chi connectivity index (χ0n) is 20.8. The van der Waals surface area contributed by atoms with E-state index in [0.29, 0.717) is 33.8 Å². The molecular weight excluding hydrogens is 501 g/mol. The molecule has 1 aliphatic rings. The maximum Gasteiger partial charge on any atom is 0.322 e. The lowest BCUT2D eigenvalue weighted by atomic mass is 9.70. The van der Waals surface area contributed by atoms with Crippen LogP contribution in [0.1, 0.15) is 62.4 Å². The molecule has 0 bridgehead atoms. The molecule has 2 aromatic rings. The fourth-order valence-corrected chi connectivity index (χ4v) is 5.59. The van der Waals surface area contributed by atoms with Crippen LogP contribution in [0.5, 0.6) is 0 Å². The number of rotatable bonds is 8. The highest BCUT2D eigenvalue weighted by Gasteiger charge is 2.36. The summed E-state index contributed by atoms with van der Waals surface area (Å²) in [6.07, 6.45) is 2.75. The predicted octanol–water partition coefficient (Wildman–Crippen LogP) is 6.45. The predicted molar refractivity (Wildman–Crippen MR) is 143 cm³/mol. The van der Waals surface area contributed by atoms with Gasteiger partial charge in [0, 0.05) is 40.4 Å². The third-order valence-electron chi connectivity index (χ3n) is 6.37. The van der Waals surface area contributed by atoms with Crippen molar-refractivity contribution in [1.29, 1.82) is 0 Å². The van der Waals surface area contributed by atoms with E-state index >= 15 is 0 Å². The normalized spacial score (nSPS) is 18.8. The lowest BCUT2D eigenvalue weighted by Crippen LogP contribution is -2.47. The molecule has 7 nitrogen and oxygen atoms in total. The smallest absolute Gasteiger partial charge is 0.322 e. The Bertz CT molecular complexity index is 1080. The molecule has 1 aliphatic carbocycles. The van der Waals surface area contributed by atoms with E-state index in [1.54, 1.807) is 30.3 Å². The third-order valence-corrected chi connectivity index (χ3v) is 6.81. The summed E-state index contributed by atoms with van der Waals surface area (Å²) in [6, 6.07) is 11.7. The van der Waals surface area contributed by atoms with Gasteiger partial charge in [0.15, 0.2) is 0 Å². The summed E-state index contributed by atoms with van der Waals surface area (Å²) in [4.78, 5) is 38.3. The SMILES string of the molecule is CC1CC(N(Cc2ccc(C(=O)NCCC(=O)O)cc2)C(=O)Nc2cc(Cl)cc(Cl)c2)CC(C)(C)C1. The van der Waals surface area contributed by atoms with Crippen molar-refractivity contribution in [3.05, 3.63) is 63.6 Å². The molecule has 0 heterocycles. The van der Waals surface area contributed by atoms with Crippen LogP contribution in [0, 0.1) is 11.3 Å². The molecular formula is C27H33Cl2N3O4. The fraction of sp³-hybridized carbons (Fsp3) is 0.444. The van der Waals surface area contributed by atoms with Gasteiger partial charge in [-0.1, -0.05) is 56.1 Å². The van der Waals surface area contributed by atoms with Gasteiger partial charge in [-0.05, 0) is 66.5 Å². The third kappa shape index (κ3) is 8.14. The lowest BCUT2D eigenvalue weighted by Gasteiger charge is -2.44. The Morgan fingerprint density at radius 1 is 1.06 bits per heavy atom. The van der Waals surface area contributed by atoms with Crippen molar-refractivity contribution in [2.45, 2.75) is 59.0 Å². The first-order chi connectivity index (χ1) is 16.9. The summed E-state index contributed by atoms with van der Waals surface area (Å²) in [5.74, 6) is -0.825.